The number of amides is 2. The number of anilines is 2. The summed E-state index contributed by atoms with van der Waals surface area (Å²) in [5.41, 5.74) is 4.08. The van der Waals surface area contributed by atoms with Crippen LogP contribution in [-0.2, 0) is 16.0 Å². The number of carbonyl (C=O) groups excluding carboxylic acids is 2. The number of morpholine rings is 1. The van der Waals surface area contributed by atoms with Crippen LogP contribution in [0.1, 0.15) is 47.7 Å². The standard InChI is InChI=1S/C27H31N5O4S/c1-16-12-32(13-17(2)36-16)24-5-3-4-22(29-24)23-15-37-27(30-23)31-25(34)11-28-26(35)19-8-6-18-7-9-20(14-33)21(18)10-19/h3-6,8,10,15-17,20,33H,7,9,11-14H2,1-2H3,(H,28,35)(H,30,31,34)/t16-,17+,20-/m0/s1. The number of hydrogen-bond acceptors (Lipinski definition) is 8. The molecule has 2 aliphatic rings. The first-order valence-corrected chi connectivity index (χ1v) is 13.4. The Balaban J connectivity index is 1.17. The summed E-state index contributed by atoms with van der Waals surface area (Å²) < 4.78 is 5.82. The van der Waals surface area contributed by atoms with Crippen molar-refractivity contribution < 1.29 is 19.4 Å². The van der Waals surface area contributed by atoms with Crippen LogP contribution in [0.5, 0.6) is 0 Å². The third-order valence-electron chi connectivity index (χ3n) is 6.73. The lowest BCUT2D eigenvalue weighted by molar-refractivity contribution is -0.115. The van der Waals surface area contributed by atoms with Gasteiger partial charge in [0.15, 0.2) is 5.13 Å². The van der Waals surface area contributed by atoms with Crippen molar-refractivity contribution in [1.82, 2.24) is 15.3 Å². The molecule has 0 saturated carbocycles. The molecule has 37 heavy (non-hydrogen) atoms. The van der Waals surface area contributed by atoms with Gasteiger partial charge in [0.05, 0.1) is 24.4 Å². The summed E-state index contributed by atoms with van der Waals surface area (Å²) in [5.74, 6) is 0.259. The minimum absolute atomic E-state index is 0.0707. The average molecular weight is 522 g/mol. The van der Waals surface area contributed by atoms with Gasteiger partial charge in [-0.2, -0.15) is 0 Å². The predicted molar refractivity (Wildman–Crippen MR) is 143 cm³/mol. The number of thiazole rings is 1. The Bertz CT molecular complexity index is 1290. The van der Waals surface area contributed by atoms with Crippen LogP contribution < -0.4 is 15.5 Å². The van der Waals surface area contributed by atoms with Crippen molar-refractivity contribution >= 4 is 34.1 Å². The summed E-state index contributed by atoms with van der Waals surface area (Å²) in [6.45, 7) is 5.57. The molecular weight excluding hydrogens is 490 g/mol. The number of aliphatic hydroxyl groups excluding tert-OH is 1. The number of benzene rings is 1. The van der Waals surface area contributed by atoms with Gasteiger partial charge in [0.1, 0.15) is 11.5 Å². The summed E-state index contributed by atoms with van der Waals surface area (Å²) in [6.07, 6.45) is 2.07. The highest BCUT2D eigenvalue weighted by atomic mass is 32.1. The molecule has 194 valence electrons. The number of nitrogens with one attached hydrogen (secondary N) is 2. The number of ether oxygens (including phenoxy) is 1. The number of nitrogens with zero attached hydrogens (tertiary/aromatic N) is 3. The number of carbonyl (C=O) groups is 2. The van der Waals surface area contributed by atoms with Crippen molar-refractivity contribution in [2.24, 2.45) is 0 Å². The van der Waals surface area contributed by atoms with Crippen molar-refractivity contribution in [1.29, 1.82) is 0 Å². The van der Waals surface area contributed by atoms with Crippen molar-refractivity contribution in [3.8, 4) is 11.4 Å². The Morgan fingerprint density at radius 2 is 1.95 bits per heavy atom. The highest BCUT2D eigenvalue weighted by molar-refractivity contribution is 7.14. The Labute approximate surface area is 219 Å². The predicted octanol–water partition coefficient (Wildman–Crippen LogP) is 3.21. The molecule has 1 aliphatic carbocycles. The molecule has 0 bridgehead atoms. The Kier molecular flexibility index (Phi) is 7.50. The van der Waals surface area contributed by atoms with Gasteiger partial charge in [-0.25, -0.2) is 9.97 Å². The SMILES string of the molecule is C[C@@H]1CN(c2cccc(-c3csc(NC(=O)CNC(=O)c4ccc5c(c4)[C@H](CO)CC5)n3)n2)C[C@H](C)O1. The van der Waals surface area contributed by atoms with E-state index in [-0.39, 0.29) is 43.1 Å². The average Bonchev–Trinajstić information content (AvgIpc) is 3.53. The number of pyridine rings is 1. The molecular formula is C27H31N5O4S. The molecule has 3 N–H and O–H groups in total. The van der Waals surface area contributed by atoms with Crippen LogP contribution in [0.25, 0.3) is 11.4 Å². The summed E-state index contributed by atoms with van der Waals surface area (Å²) in [6, 6.07) is 11.4. The van der Waals surface area contributed by atoms with Crippen molar-refractivity contribution in [3.63, 3.8) is 0 Å². The molecule has 1 aliphatic heterocycles. The molecule has 9 nitrogen and oxygen atoms in total. The van der Waals surface area contributed by atoms with Crippen molar-refractivity contribution in [2.45, 2.75) is 44.8 Å². The number of aliphatic hydroxyl groups is 1. The lowest BCUT2D eigenvalue weighted by atomic mass is 9.99. The first kappa shape index (κ1) is 25.3. The van der Waals surface area contributed by atoms with Crippen LogP contribution in [-0.4, -0.2) is 65.3 Å². The van der Waals surface area contributed by atoms with Crippen LogP contribution in [0, 0.1) is 0 Å². The zero-order valence-electron chi connectivity index (χ0n) is 20.9. The van der Waals surface area contributed by atoms with E-state index in [0.717, 1.165) is 43.0 Å². The first-order valence-electron chi connectivity index (χ1n) is 12.5. The second kappa shape index (κ2) is 11.0. The Hall–Kier alpha value is -3.34. The lowest BCUT2D eigenvalue weighted by Gasteiger charge is -2.36. The van der Waals surface area contributed by atoms with Gasteiger partial charge in [0, 0.05) is 36.6 Å². The fourth-order valence-electron chi connectivity index (χ4n) is 5.00. The van der Waals surface area contributed by atoms with Crippen LogP contribution in [0.2, 0.25) is 0 Å². The molecule has 0 radical (unpaired) electrons. The quantitative estimate of drug-likeness (QED) is 0.437. The summed E-state index contributed by atoms with van der Waals surface area (Å²) in [5, 5.41) is 17.3. The zero-order chi connectivity index (χ0) is 25.9. The van der Waals surface area contributed by atoms with Crippen LogP contribution in [0.15, 0.2) is 41.8 Å². The minimum atomic E-state index is -0.360. The number of rotatable bonds is 7. The van der Waals surface area contributed by atoms with Crippen molar-refractivity contribution in [2.75, 3.05) is 36.5 Å². The molecule has 1 aromatic carbocycles. The third-order valence-corrected chi connectivity index (χ3v) is 7.49. The Morgan fingerprint density at radius 3 is 2.73 bits per heavy atom. The molecule has 5 rings (SSSR count). The van der Waals surface area contributed by atoms with Crippen LogP contribution in [0.4, 0.5) is 10.9 Å². The normalized spacial score (nSPS) is 20.9. The fourth-order valence-corrected chi connectivity index (χ4v) is 5.72. The van der Waals surface area contributed by atoms with E-state index in [9.17, 15) is 14.7 Å². The smallest absolute Gasteiger partial charge is 0.251 e. The number of fused-ring (bicyclic) bond motifs is 1. The molecule has 2 aromatic heterocycles. The summed E-state index contributed by atoms with van der Waals surface area (Å²) >= 11 is 1.31. The second-order valence-corrected chi connectivity index (χ2v) is 10.5. The highest BCUT2D eigenvalue weighted by Crippen LogP contribution is 2.33. The van der Waals surface area contributed by atoms with Gasteiger partial charge in [0.25, 0.3) is 5.91 Å². The number of hydrogen-bond donors (Lipinski definition) is 3. The molecule has 1 fully saturated rings. The number of aryl methyl sites for hydroxylation is 1. The van der Waals surface area contributed by atoms with E-state index in [1.165, 1.54) is 16.9 Å². The summed E-state index contributed by atoms with van der Waals surface area (Å²) in [4.78, 5) is 36.6. The van der Waals surface area contributed by atoms with Crippen LogP contribution in [0.3, 0.4) is 0 Å². The van der Waals surface area contributed by atoms with E-state index >= 15 is 0 Å². The maximum atomic E-state index is 12.6. The molecule has 0 spiro atoms. The summed E-state index contributed by atoms with van der Waals surface area (Å²) in [7, 11) is 0. The van der Waals surface area contributed by atoms with Crippen molar-refractivity contribution in [3.05, 3.63) is 58.5 Å². The van der Waals surface area contributed by atoms with Gasteiger partial charge in [-0.3, -0.25) is 9.59 Å². The van der Waals surface area contributed by atoms with Gasteiger partial charge in [-0.15, -0.1) is 11.3 Å². The van der Waals surface area contributed by atoms with Gasteiger partial charge >= 0.3 is 0 Å². The van der Waals surface area contributed by atoms with Crippen LogP contribution >= 0.6 is 11.3 Å². The molecule has 2 amide bonds. The molecule has 3 heterocycles. The number of aromatic nitrogens is 2. The van der Waals surface area contributed by atoms with E-state index in [1.807, 2.05) is 35.7 Å². The second-order valence-electron chi connectivity index (χ2n) is 9.64. The third kappa shape index (κ3) is 5.82. The van der Waals surface area contributed by atoms with Gasteiger partial charge in [-0.1, -0.05) is 12.1 Å². The largest absolute Gasteiger partial charge is 0.396 e. The zero-order valence-corrected chi connectivity index (χ0v) is 21.8. The lowest BCUT2D eigenvalue weighted by Crippen LogP contribution is -2.45. The van der Waals surface area contributed by atoms with Gasteiger partial charge in [0.2, 0.25) is 5.91 Å². The maximum absolute atomic E-state index is 12.6. The minimum Gasteiger partial charge on any atom is -0.396 e. The van der Waals surface area contributed by atoms with E-state index < -0.39 is 0 Å². The first-order chi connectivity index (χ1) is 17.9. The molecule has 3 aromatic rings. The van der Waals surface area contributed by atoms with E-state index in [2.05, 4.69) is 34.4 Å². The molecule has 10 heteroatoms. The van der Waals surface area contributed by atoms with E-state index in [1.54, 1.807) is 6.07 Å². The van der Waals surface area contributed by atoms with Gasteiger partial charge in [-0.05, 0) is 62.1 Å². The molecule has 0 unspecified atom stereocenters. The molecule has 1 saturated heterocycles. The monoisotopic (exact) mass is 521 g/mol. The Morgan fingerprint density at radius 1 is 1.14 bits per heavy atom. The maximum Gasteiger partial charge on any atom is 0.251 e. The highest BCUT2D eigenvalue weighted by Gasteiger charge is 2.24. The fraction of sp³-hybridized carbons (Fsp3) is 0.407. The topological polar surface area (TPSA) is 117 Å². The van der Waals surface area contributed by atoms with E-state index in [0.29, 0.717) is 16.4 Å². The van der Waals surface area contributed by atoms with E-state index in [4.69, 9.17) is 9.72 Å². The molecule has 3 atom stereocenters. The van der Waals surface area contributed by atoms with Gasteiger partial charge < -0.3 is 25.4 Å².